The topological polar surface area (TPSA) is 63.6 Å². The lowest BCUT2D eigenvalue weighted by atomic mass is 9.98. The first-order valence-electron chi connectivity index (χ1n) is 5.85. The molecule has 0 radical (unpaired) electrons. The number of carbonyl (C=O) groups excluding carboxylic acids is 1. The van der Waals surface area contributed by atoms with Crippen LogP contribution in [0.25, 0.3) is 11.1 Å². The number of aromatic carboxylic acids is 1. The van der Waals surface area contributed by atoms with Crippen LogP contribution in [0, 0.1) is 0 Å². The van der Waals surface area contributed by atoms with Gasteiger partial charge in [-0.3, -0.25) is 0 Å². The van der Waals surface area contributed by atoms with Crippen LogP contribution >= 0.6 is 23.2 Å². The number of benzene rings is 2. The highest BCUT2D eigenvalue weighted by atomic mass is 35.5. The lowest BCUT2D eigenvalue weighted by Crippen LogP contribution is -2.03. The Kier molecular flexibility index (Phi) is 4.50. The number of hydrogen-bond acceptors (Lipinski definition) is 3. The summed E-state index contributed by atoms with van der Waals surface area (Å²) >= 11 is 12.0. The summed E-state index contributed by atoms with van der Waals surface area (Å²) in [5.41, 5.74) is 1.06. The average Bonchev–Trinajstić information content (AvgIpc) is 2.46. The molecule has 0 fully saturated rings. The number of halogens is 2. The second-order valence-corrected chi connectivity index (χ2v) is 5.02. The number of carbonyl (C=O) groups is 2. The van der Waals surface area contributed by atoms with Crippen LogP contribution in [0.2, 0.25) is 10.0 Å². The first kappa shape index (κ1) is 15.4. The lowest BCUT2D eigenvalue weighted by molar-refractivity contribution is 0.0600. The molecule has 0 aliphatic heterocycles. The fourth-order valence-electron chi connectivity index (χ4n) is 1.90. The number of ether oxygens (including phenoxy) is 1. The number of rotatable bonds is 3. The predicted molar refractivity (Wildman–Crippen MR) is 80.2 cm³/mol. The highest BCUT2D eigenvalue weighted by Crippen LogP contribution is 2.33. The maximum absolute atomic E-state index is 11.6. The second-order valence-electron chi connectivity index (χ2n) is 4.18. The van der Waals surface area contributed by atoms with Gasteiger partial charge in [-0.2, -0.15) is 0 Å². The van der Waals surface area contributed by atoms with Crippen molar-refractivity contribution >= 4 is 35.1 Å². The molecule has 108 valence electrons. The van der Waals surface area contributed by atoms with E-state index in [1.165, 1.54) is 43.5 Å². The quantitative estimate of drug-likeness (QED) is 0.861. The van der Waals surface area contributed by atoms with Gasteiger partial charge in [-0.15, -0.1) is 0 Å². The molecule has 2 rings (SSSR count). The molecular weight excluding hydrogens is 315 g/mol. The highest BCUT2D eigenvalue weighted by Gasteiger charge is 2.17. The summed E-state index contributed by atoms with van der Waals surface area (Å²) in [6.07, 6.45) is 0. The van der Waals surface area contributed by atoms with Gasteiger partial charge in [-0.25, -0.2) is 9.59 Å². The Balaban J connectivity index is 2.69. The van der Waals surface area contributed by atoms with Crippen molar-refractivity contribution in [2.45, 2.75) is 0 Å². The van der Waals surface area contributed by atoms with Gasteiger partial charge in [-0.1, -0.05) is 23.2 Å². The number of carboxylic acid groups (broad SMARTS) is 1. The first-order chi connectivity index (χ1) is 9.93. The largest absolute Gasteiger partial charge is 0.478 e. The van der Waals surface area contributed by atoms with Crippen molar-refractivity contribution in [2.24, 2.45) is 0 Å². The molecule has 0 saturated heterocycles. The normalized spacial score (nSPS) is 10.2. The van der Waals surface area contributed by atoms with E-state index in [4.69, 9.17) is 23.2 Å². The average molecular weight is 325 g/mol. The van der Waals surface area contributed by atoms with Crippen LogP contribution in [0.15, 0.2) is 36.4 Å². The molecule has 2 aromatic carbocycles. The maximum Gasteiger partial charge on any atom is 0.337 e. The van der Waals surface area contributed by atoms with E-state index in [0.717, 1.165) is 0 Å². The monoisotopic (exact) mass is 324 g/mol. The number of methoxy groups -OCH3 is 1. The number of carboxylic acids is 1. The van der Waals surface area contributed by atoms with Crippen LogP contribution in [0.1, 0.15) is 20.7 Å². The van der Waals surface area contributed by atoms with Gasteiger partial charge in [0.1, 0.15) is 0 Å². The fraction of sp³-hybridized carbons (Fsp3) is 0.0667. The van der Waals surface area contributed by atoms with Crippen molar-refractivity contribution in [2.75, 3.05) is 7.11 Å². The minimum atomic E-state index is -1.11. The van der Waals surface area contributed by atoms with Crippen molar-refractivity contribution in [3.05, 3.63) is 57.6 Å². The van der Waals surface area contributed by atoms with E-state index in [-0.39, 0.29) is 11.1 Å². The van der Waals surface area contributed by atoms with E-state index in [2.05, 4.69) is 4.74 Å². The van der Waals surface area contributed by atoms with Gasteiger partial charge < -0.3 is 9.84 Å². The Hall–Kier alpha value is -2.04. The third-order valence-electron chi connectivity index (χ3n) is 2.89. The molecule has 0 aliphatic rings. The predicted octanol–water partition coefficient (Wildman–Crippen LogP) is 4.15. The van der Waals surface area contributed by atoms with E-state index in [1.54, 1.807) is 0 Å². The van der Waals surface area contributed by atoms with E-state index < -0.39 is 11.9 Å². The van der Waals surface area contributed by atoms with E-state index in [0.29, 0.717) is 21.2 Å². The van der Waals surface area contributed by atoms with E-state index in [9.17, 15) is 14.7 Å². The van der Waals surface area contributed by atoms with E-state index in [1.807, 2.05) is 0 Å². The zero-order valence-corrected chi connectivity index (χ0v) is 12.4. The summed E-state index contributed by atoms with van der Waals surface area (Å²) in [7, 11) is 1.26. The molecule has 0 saturated carbocycles. The maximum atomic E-state index is 11.6. The summed E-state index contributed by atoms with van der Waals surface area (Å²) in [4.78, 5) is 22.9. The number of hydrogen-bond donors (Lipinski definition) is 1. The molecule has 6 heteroatoms. The van der Waals surface area contributed by atoms with Crippen LogP contribution in [-0.4, -0.2) is 24.2 Å². The first-order valence-corrected chi connectivity index (χ1v) is 6.60. The Morgan fingerprint density at radius 1 is 1.05 bits per heavy atom. The van der Waals surface area contributed by atoms with Crippen molar-refractivity contribution in [1.29, 1.82) is 0 Å². The smallest absolute Gasteiger partial charge is 0.337 e. The van der Waals surface area contributed by atoms with Crippen molar-refractivity contribution in [3.8, 4) is 11.1 Å². The summed E-state index contributed by atoms with van der Waals surface area (Å²) in [6, 6.07) is 8.85. The van der Waals surface area contributed by atoms with Gasteiger partial charge in [0.2, 0.25) is 0 Å². The molecule has 21 heavy (non-hydrogen) atoms. The standard InChI is InChI=1S/C15H10Cl2O4/c1-21-15(20)8-2-5-13(17)12(6-8)11-7-9(16)3-4-10(11)14(18)19/h2-7H,1H3,(H,18,19). The molecule has 0 unspecified atom stereocenters. The van der Waals surface area contributed by atoms with Crippen LogP contribution < -0.4 is 0 Å². The van der Waals surface area contributed by atoms with Crippen molar-refractivity contribution in [1.82, 2.24) is 0 Å². The Labute approximate surface area is 130 Å². The summed E-state index contributed by atoms with van der Waals surface area (Å²) in [5, 5.41) is 9.94. The SMILES string of the molecule is COC(=O)c1ccc(Cl)c(-c2cc(Cl)ccc2C(=O)O)c1. The van der Waals surface area contributed by atoms with Gasteiger partial charge in [-0.05, 0) is 42.0 Å². The minimum Gasteiger partial charge on any atom is -0.478 e. The molecule has 4 nitrogen and oxygen atoms in total. The van der Waals surface area contributed by atoms with Crippen molar-refractivity contribution < 1.29 is 19.4 Å². The van der Waals surface area contributed by atoms with Gasteiger partial charge in [0.05, 0.1) is 18.2 Å². The lowest BCUT2D eigenvalue weighted by Gasteiger charge is -2.10. The Bertz CT molecular complexity index is 726. The molecule has 0 spiro atoms. The zero-order valence-electron chi connectivity index (χ0n) is 10.9. The summed E-state index contributed by atoms with van der Waals surface area (Å²) in [6.45, 7) is 0. The van der Waals surface area contributed by atoms with E-state index >= 15 is 0 Å². The fourth-order valence-corrected chi connectivity index (χ4v) is 2.29. The Morgan fingerprint density at radius 2 is 1.76 bits per heavy atom. The molecule has 0 amide bonds. The third kappa shape index (κ3) is 3.17. The van der Waals surface area contributed by atoms with Crippen molar-refractivity contribution in [3.63, 3.8) is 0 Å². The number of esters is 1. The molecule has 1 N–H and O–H groups in total. The molecule has 0 bridgehead atoms. The zero-order chi connectivity index (χ0) is 15.6. The molecule has 0 aliphatic carbocycles. The van der Waals surface area contributed by atoms with Gasteiger partial charge in [0.25, 0.3) is 0 Å². The van der Waals surface area contributed by atoms with Gasteiger partial charge in [0.15, 0.2) is 0 Å². The van der Waals surface area contributed by atoms with Crippen LogP contribution in [0.3, 0.4) is 0 Å². The molecular formula is C15H10Cl2O4. The van der Waals surface area contributed by atoms with Gasteiger partial charge >= 0.3 is 11.9 Å². The second kappa shape index (κ2) is 6.16. The third-order valence-corrected chi connectivity index (χ3v) is 3.45. The molecule has 0 atom stereocenters. The van der Waals surface area contributed by atoms with Gasteiger partial charge in [0, 0.05) is 15.6 Å². The van der Waals surface area contributed by atoms with Crippen LogP contribution in [-0.2, 0) is 4.74 Å². The Morgan fingerprint density at radius 3 is 2.38 bits per heavy atom. The summed E-state index contributed by atoms with van der Waals surface area (Å²) < 4.78 is 4.64. The molecule has 0 aromatic heterocycles. The molecule has 0 heterocycles. The van der Waals surface area contributed by atoms with Crippen LogP contribution in [0.5, 0.6) is 0 Å². The molecule has 2 aromatic rings. The minimum absolute atomic E-state index is 0.0447. The highest BCUT2D eigenvalue weighted by molar-refractivity contribution is 6.34. The summed E-state index contributed by atoms with van der Waals surface area (Å²) in [5.74, 6) is -1.65. The van der Waals surface area contributed by atoms with Crippen LogP contribution in [0.4, 0.5) is 0 Å².